The first-order valence-electron chi connectivity index (χ1n) is 12.8. The third-order valence-corrected chi connectivity index (χ3v) is 7.15. The molecule has 7 nitrogen and oxygen atoms in total. The standard InChI is InChI=1S/C29H37ClN4O3/c1-18-16-21(19(2)31-22-11-9-8-10-20(22)27(36)37-28(3,4)5)24-32-25(23(30)26(35)34(24)17-18)33-14-12-29(6,7)13-15-33/h8-11,16-17,19,31H,12-15H2,1-7H3/t19-/m1/s1. The predicted molar refractivity (Wildman–Crippen MR) is 150 cm³/mol. The number of nitrogens with zero attached hydrogens (tertiary/aromatic N) is 3. The molecule has 0 saturated carbocycles. The number of fused-ring (bicyclic) bond motifs is 1. The number of para-hydroxylation sites is 1. The second-order valence-electron chi connectivity index (χ2n) is 11.8. The summed E-state index contributed by atoms with van der Waals surface area (Å²) in [5.41, 5.74) is 2.77. The quantitative estimate of drug-likeness (QED) is 0.388. The molecule has 2 aromatic heterocycles. The van der Waals surface area contributed by atoms with Gasteiger partial charge < -0.3 is 15.0 Å². The molecule has 1 aliphatic heterocycles. The highest BCUT2D eigenvalue weighted by Crippen LogP contribution is 2.34. The molecule has 1 aliphatic rings. The minimum absolute atomic E-state index is 0.143. The molecular weight excluding hydrogens is 488 g/mol. The van der Waals surface area contributed by atoms with Gasteiger partial charge in [-0.05, 0) is 76.6 Å². The van der Waals surface area contributed by atoms with Gasteiger partial charge in [0.2, 0.25) is 0 Å². The molecule has 1 fully saturated rings. The van der Waals surface area contributed by atoms with Gasteiger partial charge in [-0.2, -0.15) is 0 Å². The van der Waals surface area contributed by atoms with Crippen LogP contribution < -0.4 is 15.8 Å². The Balaban J connectivity index is 1.74. The highest BCUT2D eigenvalue weighted by atomic mass is 35.5. The lowest BCUT2D eigenvalue weighted by Gasteiger charge is -2.37. The lowest BCUT2D eigenvalue weighted by atomic mass is 9.83. The van der Waals surface area contributed by atoms with E-state index in [-0.39, 0.29) is 22.0 Å². The smallest absolute Gasteiger partial charge is 0.340 e. The molecule has 0 unspecified atom stereocenters. The Morgan fingerprint density at radius 1 is 1.19 bits per heavy atom. The summed E-state index contributed by atoms with van der Waals surface area (Å²) >= 11 is 6.59. The number of nitrogens with one attached hydrogen (secondary N) is 1. The number of aryl methyl sites for hydroxylation is 1. The van der Waals surface area contributed by atoms with Crippen LogP contribution in [0.5, 0.6) is 0 Å². The Hall–Kier alpha value is -3.06. The van der Waals surface area contributed by atoms with Crippen molar-refractivity contribution in [1.82, 2.24) is 9.38 Å². The molecule has 1 atom stereocenters. The van der Waals surface area contributed by atoms with Gasteiger partial charge in [0.15, 0.2) is 5.82 Å². The maximum Gasteiger partial charge on any atom is 0.340 e. The Morgan fingerprint density at radius 2 is 1.84 bits per heavy atom. The van der Waals surface area contributed by atoms with E-state index in [1.165, 1.54) is 4.40 Å². The third kappa shape index (κ3) is 5.93. The number of benzene rings is 1. The second kappa shape index (κ2) is 10.0. The van der Waals surface area contributed by atoms with Crippen molar-refractivity contribution in [3.8, 4) is 0 Å². The van der Waals surface area contributed by atoms with Crippen LogP contribution in [0.1, 0.15) is 81.9 Å². The lowest BCUT2D eigenvalue weighted by Crippen LogP contribution is -2.39. The van der Waals surface area contributed by atoms with E-state index < -0.39 is 11.6 Å². The fraction of sp³-hybridized carbons (Fsp3) is 0.483. The fourth-order valence-corrected chi connectivity index (χ4v) is 4.91. The maximum atomic E-state index is 13.4. The highest BCUT2D eigenvalue weighted by molar-refractivity contribution is 6.32. The van der Waals surface area contributed by atoms with E-state index in [9.17, 15) is 9.59 Å². The van der Waals surface area contributed by atoms with Gasteiger partial charge in [-0.15, -0.1) is 0 Å². The summed E-state index contributed by atoms with van der Waals surface area (Å²) in [6, 6.07) is 9.04. The predicted octanol–water partition coefficient (Wildman–Crippen LogP) is 6.41. The van der Waals surface area contributed by atoms with Crippen molar-refractivity contribution in [2.75, 3.05) is 23.3 Å². The second-order valence-corrected chi connectivity index (χ2v) is 12.2. The van der Waals surface area contributed by atoms with Crippen molar-refractivity contribution in [2.24, 2.45) is 5.41 Å². The molecule has 198 valence electrons. The summed E-state index contributed by atoms with van der Waals surface area (Å²) in [4.78, 5) is 33.3. The van der Waals surface area contributed by atoms with Gasteiger partial charge in [-0.25, -0.2) is 9.78 Å². The Morgan fingerprint density at radius 3 is 2.49 bits per heavy atom. The van der Waals surface area contributed by atoms with Gasteiger partial charge in [-0.3, -0.25) is 9.20 Å². The number of anilines is 2. The first-order chi connectivity index (χ1) is 17.3. The summed E-state index contributed by atoms with van der Waals surface area (Å²) in [6.07, 6.45) is 3.78. The number of hydrogen-bond donors (Lipinski definition) is 1. The number of pyridine rings is 1. The molecule has 0 aliphatic carbocycles. The van der Waals surface area contributed by atoms with Crippen molar-refractivity contribution >= 4 is 34.7 Å². The van der Waals surface area contributed by atoms with Gasteiger partial charge in [0.05, 0.1) is 11.6 Å². The van der Waals surface area contributed by atoms with Gasteiger partial charge in [-0.1, -0.05) is 37.6 Å². The minimum atomic E-state index is -0.604. The van der Waals surface area contributed by atoms with Gasteiger partial charge in [0.25, 0.3) is 5.56 Å². The molecule has 1 N–H and O–H groups in total. The van der Waals surface area contributed by atoms with Gasteiger partial charge >= 0.3 is 5.97 Å². The van der Waals surface area contributed by atoms with Crippen molar-refractivity contribution in [3.63, 3.8) is 0 Å². The molecule has 0 amide bonds. The Labute approximate surface area is 223 Å². The van der Waals surface area contributed by atoms with Crippen LogP contribution in [-0.4, -0.2) is 34.0 Å². The van der Waals surface area contributed by atoms with Crippen LogP contribution >= 0.6 is 11.6 Å². The van der Waals surface area contributed by atoms with Gasteiger partial charge in [0.1, 0.15) is 16.3 Å². The lowest BCUT2D eigenvalue weighted by molar-refractivity contribution is 0.00706. The summed E-state index contributed by atoms with van der Waals surface area (Å²) in [6.45, 7) is 15.6. The summed E-state index contributed by atoms with van der Waals surface area (Å²) in [5.74, 6) is 0.141. The van der Waals surface area contributed by atoms with E-state index in [1.807, 2.05) is 58.9 Å². The van der Waals surface area contributed by atoms with Crippen molar-refractivity contribution in [3.05, 3.63) is 68.6 Å². The molecule has 0 bridgehead atoms. The normalized spacial score (nSPS) is 16.5. The zero-order valence-corrected chi connectivity index (χ0v) is 23.6. The molecule has 3 heterocycles. The number of hydrogen-bond acceptors (Lipinski definition) is 6. The molecule has 0 radical (unpaired) electrons. The molecule has 4 rings (SSSR count). The highest BCUT2D eigenvalue weighted by Gasteiger charge is 2.29. The summed E-state index contributed by atoms with van der Waals surface area (Å²) in [5, 5.41) is 3.60. The van der Waals surface area contributed by atoms with Crippen molar-refractivity contribution < 1.29 is 9.53 Å². The molecule has 8 heteroatoms. The average molecular weight is 525 g/mol. The van der Waals surface area contributed by atoms with Gasteiger partial charge in [0, 0.05) is 30.5 Å². The van der Waals surface area contributed by atoms with Crippen LogP contribution in [0.15, 0.2) is 41.3 Å². The van der Waals surface area contributed by atoms with Crippen LogP contribution in [0.4, 0.5) is 11.5 Å². The Kier molecular flexibility index (Phi) is 7.30. The third-order valence-electron chi connectivity index (χ3n) is 6.82. The monoisotopic (exact) mass is 524 g/mol. The SMILES string of the molecule is Cc1cc([C@@H](C)Nc2ccccc2C(=O)OC(C)(C)C)c2nc(N3CCC(C)(C)CC3)c(Cl)c(=O)n2c1. The van der Waals surface area contributed by atoms with Crippen LogP contribution in [0.3, 0.4) is 0 Å². The number of piperidine rings is 1. The van der Waals surface area contributed by atoms with Crippen LogP contribution in [0, 0.1) is 12.3 Å². The number of esters is 1. The number of rotatable bonds is 5. The number of halogens is 1. The molecule has 37 heavy (non-hydrogen) atoms. The van der Waals surface area contributed by atoms with E-state index in [4.69, 9.17) is 21.3 Å². The van der Waals surface area contributed by atoms with E-state index in [0.717, 1.165) is 37.1 Å². The van der Waals surface area contributed by atoms with Crippen LogP contribution in [-0.2, 0) is 4.74 Å². The summed E-state index contributed by atoms with van der Waals surface area (Å²) in [7, 11) is 0. The number of ether oxygens (including phenoxy) is 1. The minimum Gasteiger partial charge on any atom is -0.456 e. The maximum absolute atomic E-state index is 13.4. The van der Waals surface area contributed by atoms with E-state index in [1.54, 1.807) is 12.3 Å². The summed E-state index contributed by atoms with van der Waals surface area (Å²) < 4.78 is 7.14. The number of carbonyl (C=O) groups is 1. The van der Waals surface area contributed by atoms with E-state index in [0.29, 0.717) is 22.7 Å². The first-order valence-corrected chi connectivity index (χ1v) is 13.2. The Bertz CT molecular complexity index is 1380. The average Bonchev–Trinajstić information content (AvgIpc) is 2.80. The molecule has 1 saturated heterocycles. The van der Waals surface area contributed by atoms with Crippen molar-refractivity contribution in [2.45, 2.75) is 73.0 Å². The topological polar surface area (TPSA) is 75.9 Å². The van der Waals surface area contributed by atoms with Crippen LogP contribution in [0.25, 0.3) is 5.65 Å². The van der Waals surface area contributed by atoms with E-state index in [2.05, 4.69) is 24.1 Å². The number of aromatic nitrogens is 2. The number of carbonyl (C=O) groups excluding carboxylic acids is 1. The van der Waals surface area contributed by atoms with Crippen molar-refractivity contribution in [1.29, 1.82) is 0 Å². The molecular formula is C29H37ClN4O3. The van der Waals surface area contributed by atoms with E-state index >= 15 is 0 Å². The van der Waals surface area contributed by atoms with Crippen LogP contribution in [0.2, 0.25) is 5.02 Å². The molecule has 3 aromatic rings. The molecule has 0 spiro atoms. The zero-order chi connectivity index (χ0) is 27.1. The largest absolute Gasteiger partial charge is 0.456 e. The fourth-order valence-electron chi connectivity index (χ4n) is 4.66. The first kappa shape index (κ1) is 27.0. The molecule has 1 aromatic carbocycles. The zero-order valence-electron chi connectivity index (χ0n) is 22.8.